The Morgan fingerprint density at radius 3 is 2.58 bits per heavy atom. The molecule has 0 saturated heterocycles. The van der Waals surface area contributed by atoms with Crippen LogP contribution in [-0.4, -0.2) is 50.8 Å². The maximum atomic E-state index is 12.6. The van der Waals surface area contributed by atoms with Crippen molar-refractivity contribution in [3.05, 3.63) is 52.3 Å². The second-order valence-corrected chi connectivity index (χ2v) is 6.99. The summed E-state index contributed by atoms with van der Waals surface area (Å²) in [7, 11) is 3.09. The minimum Gasteiger partial charge on any atom is -0.496 e. The monoisotopic (exact) mass is 423 g/mol. The molecule has 8 heteroatoms. The number of nitrogens with zero attached hydrogens (tertiary/aromatic N) is 2. The molecular weight excluding hydrogens is 398 g/mol. The molecule has 0 saturated carbocycles. The van der Waals surface area contributed by atoms with Crippen LogP contribution in [0.1, 0.15) is 25.3 Å². The summed E-state index contributed by atoms with van der Waals surface area (Å²) in [6.45, 7) is 2.96. The lowest BCUT2D eigenvalue weighted by molar-refractivity contribution is -0.115. The molecule has 31 heavy (non-hydrogen) atoms. The predicted octanol–water partition coefficient (Wildman–Crippen LogP) is 3.17. The van der Waals surface area contributed by atoms with Gasteiger partial charge in [-0.05, 0) is 42.7 Å². The molecule has 0 unspecified atom stereocenters. The van der Waals surface area contributed by atoms with Gasteiger partial charge in [-0.1, -0.05) is 6.07 Å². The van der Waals surface area contributed by atoms with Crippen LogP contribution in [0.2, 0.25) is 0 Å². The molecule has 1 aromatic rings. The number of hydrogen-bond acceptors (Lipinski definition) is 6. The highest BCUT2D eigenvalue weighted by Gasteiger charge is 2.32. The van der Waals surface area contributed by atoms with E-state index >= 15 is 0 Å². The molecule has 8 nitrogen and oxygen atoms in total. The van der Waals surface area contributed by atoms with Gasteiger partial charge >= 0.3 is 6.09 Å². The minimum absolute atomic E-state index is 0.313. The van der Waals surface area contributed by atoms with E-state index in [4.69, 9.17) is 14.2 Å². The number of allylic oxidation sites excluding steroid dienone is 2. The molecule has 1 N–H and O–H groups in total. The van der Waals surface area contributed by atoms with Crippen molar-refractivity contribution in [2.45, 2.75) is 19.8 Å². The maximum Gasteiger partial charge on any atom is 0.410 e. The van der Waals surface area contributed by atoms with Gasteiger partial charge in [0.1, 0.15) is 17.6 Å². The van der Waals surface area contributed by atoms with Gasteiger partial charge in [-0.2, -0.15) is 5.26 Å². The van der Waals surface area contributed by atoms with Crippen LogP contribution in [0.25, 0.3) is 6.08 Å². The van der Waals surface area contributed by atoms with Gasteiger partial charge in [0.25, 0.3) is 0 Å². The van der Waals surface area contributed by atoms with Gasteiger partial charge in [0.05, 0.1) is 32.0 Å². The molecule has 2 amide bonds. The molecule has 0 aromatic heterocycles. The zero-order valence-electron chi connectivity index (χ0n) is 17.9. The zero-order chi connectivity index (χ0) is 22.4. The maximum absolute atomic E-state index is 12.6. The van der Waals surface area contributed by atoms with Crippen LogP contribution in [0.15, 0.2) is 46.7 Å². The highest BCUT2D eigenvalue weighted by atomic mass is 16.6. The molecule has 0 atom stereocenters. The average molecular weight is 423 g/mol. The van der Waals surface area contributed by atoms with Crippen LogP contribution < -0.4 is 14.8 Å². The van der Waals surface area contributed by atoms with Gasteiger partial charge in [-0.15, -0.1) is 0 Å². The molecule has 1 aliphatic carbocycles. The van der Waals surface area contributed by atoms with Crippen molar-refractivity contribution in [1.29, 1.82) is 5.26 Å². The number of hydrogen-bond donors (Lipinski definition) is 1. The van der Waals surface area contributed by atoms with Crippen molar-refractivity contribution >= 4 is 18.1 Å². The van der Waals surface area contributed by atoms with Gasteiger partial charge in [0.15, 0.2) is 0 Å². The Kier molecular flexibility index (Phi) is 6.98. The molecule has 0 bridgehead atoms. The van der Waals surface area contributed by atoms with Crippen molar-refractivity contribution < 1.29 is 23.8 Å². The number of amides is 2. The number of benzene rings is 1. The first kappa shape index (κ1) is 22.0. The Balaban J connectivity index is 1.72. The van der Waals surface area contributed by atoms with Crippen molar-refractivity contribution in [1.82, 2.24) is 10.2 Å². The second-order valence-electron chi connectivity index (χ2n) is 6.99. The summed E-state index contributed by atoms with van der Waals surface area (Å²) in [5, 5.41) is 12.5. The molecule has 0 spiro atoms. The summed E-state index contributed by atoms with van der Waals surface area (Å²) in [5.74, 6) is 0.799. The van der Waals surface area contributed by atoms with E-state index in [1.807, 2.05) is 0 Å². The number of carbonyl (C=O) groups excluding carboxylic acids is 2. The van der Waals surface area contributed by atoms with Crippen molar-refractivity contribution in [2.75, 3.05) is 33.9 Å². The molecule has 3 rings (SSSR count). The molecule has 0 radical (unpaired) electrons. The zero-order valence-corrected chi connectivity index (χ0v) is 17.9. The molecule has 2 aliphatic rings. The molecule has 1 heterocycles. The van der Waals surface area contributed by atoms with Crippen LogP contribution >= 0.6 is 0 Å². The van der Waals surface area contributed by atoms with Crippen LogP contribution in [0.3, 0.4) is 0 Å². The lowest BCUT2D eigenvalue weighted by Crippen LogP contribution is -2.37. The Morgan fingerprint density at radius 2 is 1.97 bits per heavy atom. The van der Waals surface area contributed by atoms with Crippen LogP contribution in [0.4, 0.5) is 4.79 Å². The third kappa shape index (κ3) is 4.72. The van der Waals surface area contributed by atoms with Crippen LogP contribution in [0, 0.1) is 11.3 Å². The summed E-state index contributed by atoms with van der Waals surface area (Å²) in [6, 6.07) is 7.56. The molecule has 162 valence electrons. The Bertz CT molecular complexity index is 994. The average Bonchev–Trinajstić information content (AvgIpc) is 3.13. The molecule has 1 aliphatic heterocycles. The second kappa shape index (κ2) is 9.85. The number of carbonyl (C=O) groups is 2. The lowest BCUT2D eigenvalue weighted by atomic mass is 9.99. The number of nitrogens with one attached hydrogen (secondary N) is 1. The van der Waals surface area contributed by atoms with Gasteiger partial charge in [-0.3, -0.25) is 4.79 Å². The standard InChI is InChI=1S/C23H25N3O5/c1-4-31-23(28)26-11-10-16-15(14-26)12-19(18(16)13-24)25-22(27)9-8-17-20(29-2)6-5-7-21(17)30-3/h5-9H,4,10-12,14H2,1-3H3,(H,25,27)/b9-8+. The third-order valence-corrected chi connectivity index (χ3v) is 5.21. The van der Waals surface area contributed by atoms with E-state index in [1.165, 1.54) is 6.08 Å². The third-order valence-electron chi connectivity index (χ3n) is 5.21. The summed E-state index contributed by atoms with van der Waals surface area (Å²) >= 11 is 0. The molecule has 1 aromatic carbocycles. The van der Waals surface area contributed by atoms with Gasteiger partial charge < -0.3 is 24.4 Å². The van der Waals surface area contributed by atoms with E-state index < -0.39 is 0 Å². The first-order valence-electron chi connectivity index (χ1n) is 9.98. The number of nitriles is 1. The fraction of sp³-hybridized carbons (Fsp3) is 0.348. The molecule has 0 fully saturated rings. The van der Waals surface area contributed by atoms with E-state index in [-0.39, 0.29) is 12.0 Å². The van der Waals surface area contributed by atoms with Crippen LogP contribution in [0.5, 0.6) is 11.5 Å². The van der Waals surface area contributed by atoms with E-state index in [9.17, 15) is 14.9 Å². The SMILES string of the molecule is CCOC(=O)N1CCC2=C(CC(NC(=O)/C=C/c3c(OC)cccc3OC)=C2C#N)C1. The lowest BCUT2D eigenvalue weighted by Gasteiger charge is -2.27. The Morgan fingerprint density at radius 1 is 1.26 bits per heavy atom. The van der Waals surface area contributed by atoms with Gasteiger partial charge in [0, 0.05) is 31.3 Å². The fourth-order valence-electron chi connectivity index (χ4n) is 3.78. The highest BCUT2D eigenvalue weighted by Crippen LogP contribution is 2.36. The van der Waals surface area contributed by atoms with Crippen molar-refractivity contribution in [2.24, 2.45) is 0 Å². The largest absolute Gasteiger partial charge is 0.496 e. The number of methoxy groups -OCH3 is 2. The molecular formula is C23H25N3O5. The summed E-state index contributed by atoms with van der Waals surface area (Å²) in [4.78, 5) is 26.2. The van der Waals surface area contributed by atoms with Gasteiger partial charge in [-0.25, -0.2) is 4.79 Å². The summed E-state index contributed by atoms with van der Waals surface area (Å²) in [6.07, 6.45) is 3.62. The minimum atomic E-state index is -0.363. The quantitative estimate of drug-likeness (QED) is 0.706. The van der Waals surface area contributed by atoms with E-state index in [0.717, 1.165) is 11.1 Å². The number of rotatable bonds is 6. The topological polar surface area (TPSA) is 101 Å². The predicted molar refractivity (Wildman–Crippen MR) is 114 cm³/mol. The normalized spacial score (nSPS) is 15.6. The van der Waals surface area contributed by atoms with Crippen LogP contribution in [-0.2, 0) is 9.53 Å². The number of ether oxygens (including phenoxy) is 3. The van der Waals surface area contributed by atoms with E-state index in [2.05, 4.69) is 11.4 Å². The van der Waals surface area contributed by atoms with E-state index in [0.29, 0.717) is 60.9 Å². The van der Waals surface area contributed by atoms with Crippen molar-refractivity contribution in [3.63, 3.8) is 0 Å². The van der Waals surface area contributed by atoms with Crippen molar-refractivity contribution in [3.8, 4) is 17.6 Å². The Hall–Kier alpha value is -3.73. The van der Waals surface area contributed by atoms with E-state index in [1.54, 1.807) is 50.3 Å². The first-order valence-corrected chi connectivity index (χ1v) is 9.98. The smallest absolute Gasteiger partial charge is 0.410 e. The summed E-state index contributed by atoms with van der Waals surface area (Å²) < 4.78 is 15.7. The first-order chi connectivity index (χ1) is 15.0. The summed E-state index contributed by atoms with van der Waals surface area (Å²) in [5.41, 5.74) is 3.55. The Labute approximate surface area is 181 Å². The van der Waals surface area contributed by atoms with Gasteiger partial charge in [0.2, 0.25) is 5.91 Å². The highest BCUT2D eigenvalue weighted by molar-refractivity contribution is 5.94. The fourth-order valence-corrected chi connectivity index (χ4v) is 3.78.